The second kappa shape index (κ2) is 9.99. The zero-order chi connectivity index (χ0) is 6.99. The number of aliphatic hydroxyl groups excluding tert-OH is 1. The summed E-state index contributed by atoms with van der Waals surface area (Å²) in [4.78, 5) is 4.04. The van der Waals surface area contributed by atoms with Crippen molar-refractivity contribution in [1.82, 2.24) is 0 Å². The Hall–Kier alpha value is -0.120. The fraction of sp³-hybridized carbons (Fsp3) is 1.00. The minimum atomic E-state index is -0.167. The molecule has 0 rings (SSSR count). The van der Waals surface area contributed by atoms with Crippen LogP contribution in [0.4, 0.5) is 0 Å². The van der Waals surface area contributed by atoms with Crippen molar-refractivity contribution >= 4 is 0 Å². The third kappa shape index (κ3) is 181. The molecule has 0 aliphatic heterocycles. The van der Waals surface area contributed by atoms with Gasteiger partial charge in [-0.25, -0.2) is 5.90 Å². The average molecular weight is 121 g/mol. The van der Waals surface area contributed by atoms with Gasteiger partial charge in [-0.05, 0) is 20.8 Å². The summed E-state index contributed by atoms with van der Waals surface area (Å²) in [6, 6.07) is 0. The highest BCUT2D eigenvalue weighted by molar-refractivity contribution is 4.20. The van der Waals surface area contributed by atoms with Crippen LogP contribution in [0, 0.1) is 0 Å². The van der Waals surface area contributed by atoms with Crippen molar-refractivity contribution in [2.75, 3.05) is 6.61 Å². The monoisotopic (exact) mass is 121 g/mol. The fourth-order valence-electron chi connectivity index (χ4n) is 0. The molecule has 0 aromatic rings. The molecule has 52 valence electrons. The van der Waals surface area contributed by atoms with Crippen molar-refractivity contribution < 1.29 is 9.94 Å². The van der Waals surface area contributed by atoms with E-state index in [0.29, 0.717) is 6.61 Å². The molecule has 0 unspecified atom stereocenters. The van der Waals surface area contributed by atoms with Crippen molar-refractivity contribution in [2.24, 2.45) is 5.90 Å². The lowest BCUT2D eigenvalue weighted by atomic mass is 10.5. The van der Waals surface area contributed by atoms with Crippen molar-refractivity contribution in [3.8, 4) is 0 Å². The molecule has 8 heavy (non-hydrogen) atoms. The summed E-state index contributed by atoms with van der Waals surface area (Å²) in [5.74, 6) is 4.53. The zero-order valence-corrected chi connectivity index (χ0v) is 5.72. The average Bonchev–Trinajstić information content (AvgIpc) is 1.65. The first kappa shape index (κ1) is 10.8. The highest BCUT2D eigenvalue weighted by Gasteiger charge is 1.69. The van der Waals surface area contributed by atoms with Crippen LogP contribution in [0.25, 0.3) is 0 Å². The summed E-state index contributed by atoms with van der Waals surface area (Å²) < 4.78 is 0. The maximum atomic E-state index is 8.06. The molecule has 0 amide bonds. The summed E-state index contributed by atoms with van der Waals surface area (Å²) in [6.07, 6.45) is -0.167. The Kier molecular flexibility index (Phi) is 13.5. The largest absolute Gasteiger partial charge is 0.394 e. The minimum absolute atomic E-state index is 0.167. The van der Waals surface area contributed by atoms with Gasteiger partial charge in [0.15, 0.2) is 0 Å². The Morgan fingerprint density at radius 3 is 1.75 bits per heavy atom. The van der Waals surface area contributed by atoms with Crippen LogP contribution < -0.4 is 5.90 Å². The number of hydrogen-bond donors (Lipinski definition) is 2. The Morgan fingerprint density at radius 1 is 1.62 bits per heavy atom. The first-order valence-electron chi connectivity index (χ1n) is 2.64. The first-order chi connectivity index (χ1) is 3.65. The second-order valence-corrected chi connectivity index (χ2v) is 1.55. The number of aliphatic hydroxyl groups is 1. The third-order valence-electron chi connectivity index (χ3n) is 0.167. The first-order valence-corrected chi connectivity index (χ1v) is 2.64. The van der Waals surface area contributed by atoms with Crippen LogP contribution in [0.15, 0.2) is 0 Å². The lowest BCUT2D eigenvalue weighted by molar-refractivity contribution is 0.152. The standard InChI is InChI=1S/C3H8O.C2H7NO/c1-3(2)4;1-2-4-3/h3-4H,1-2H3;2-3H2,1H3. The molecule has 0 heterocycles. The molecule has 0 radical (unpaired) electrons. The lowest BCUT2D eigenvalue weighted by Crippen LogP contribution is -1.94. The smallest absolute Gasteiger partial charge is 0.0651 e. The van der Waals surface area contributed by atoms with Gasteiger partial charge in [0.2, 0.25) is 0 Å². The molecule has 0 saturated carbocycles. The van der Waals surface area contributed by atoms with E-state index in [9.17, 15) is 0 Å². The van der Waals surface area contributed by atoms with Gasteiger partial charge < -0.3 is 9.94 Å². The third-order valence-corrected chi connectivity index (χ3v) is 0.167. The van der Waals surface area contributed by atoms with Gasteiger partial charge in [-0.3, -0.25) is 0 Å². The summed E-state index contributed by atoms with van der Waals surface area (Å²) in [5.41, 5.74) is 0. The molecular formula is C5H15NO2. The summed E-state index contributed by atoms with van der Waals surface area (Å²) >= 11 is 0. The van der Waals surface area contributed by atoms with E-state index in [0.717, 1.165) is 0 Å². The Labute approximate surface area is 50.4 Å². The van der Waals surface area contributed by atoms with E-state index in [1.165, 1.54) is 0 Å². The summed E-state index contributed by atoms with van der Waals surface area (Å²) in [6.45, 7) is 5.88. The van der Waals surface area contributed by atoms with Crippen molar-refractivity contribution in [3.05, 3.63) is 0 Å². The van der Waals surface area contributed by atoms with Crippen molar-refractivity contribution in [1.29, 1.82) is 0 Å². The van der Waals surface area contributed by atoms with Gasteiger partial charge in [-0.15, -0.1) is 0 Å². The van der Waals surface area contributed by atoms with Gasteiger partial charge in [0, 0.05) is 6.10 Å². The van der Waals surface area contributed by atoms with Gasteiger partial charge >= 0.3 is 0 Å². The van der Waals surface area contributed by atoms with E-state index in [1.54, 1.807) is 13.8 Å². The number of nitrogens with two attached hydrogens (primary N) is 1. The quantitative estimate of drug-likeness (QED) is 0.490. The van der Waals surface area contributed by atoms with E-state index < -0.39 is 0 Å². The number of hydrogen-bond acceptors (Lipinski definition) is 3. The summed E-state index contributed by atoms with van der Waals surface area (Å²) in [7, 11) is 0. The van der Waals surface area contributed by atoms with E-state index in [2.05, 4.69) is 10.7 Å². The van der Waals surface area contributed by atoms with Gasteiger partial charge in [-0.1, -0.05) is 0 Å². The predicted molar refractivity (Wildman–Crippen MR) is 33.2 cm³/mol. The molecule has 0 aromatic carbocycles. The molecule has 0 spiro atoms. The zero-order valence-electron chi connectivity index (χ0n) is 5.72. The molecule has 0 bridgehead atoms. The van der Waals surface area contributed by atoms with Crippen LogP contribution >= 0.6 is 0 Å². The van der Waals surface area contributed by atoms with Crippen LogP contribution in [0.2, 0.25) is 0 Å². The molecule has 0 saturated heterocycles. The fourth-order valence-corrected chi connectivity index (χ4v) is 0. The van der Waals surface area contributed by atoms with Crippen molar-refractivity contribution in [3.63, 3.8) is 0 Å². The molecule has 0 aliphatic carbocycles. The van der Waals surface area contributed by atoms with Crippen LogP contribution in [-0.2, 0) is 4.84 Å². The predicted octanol–water partition coefficient (Wildman–Crippen LogP) is 0.284. The highest BCUT2D eigenvalue weighted by Crippen LogP contribution is 1.65. The molecule has 3 heteroatoms. The van der Waals surface area contributed by atoms with Crippen LogP contribution in [0.5, 0.6) is 0 Å². The SMILES string of the molecule is CC(C)O.CCON. The van der Waals surface area contributed by atoms with Crippen LogP contribution in [0.3, 0.4) is 0 Å². The normalized spacial score (nSPS) is 8.25. The maximum absolute atomic E-state index is 8.06. The minimum Gasteiger partial charge on any atom is -0.394 e. The molecule has 3 nitrogen and oxygen atoms in total. The van der Waals surface area contributed by atoms with E-state index in [-0.39, 0.29) is 6.10 Å². The summed E-state index contributed by atoms with van der Waals surface area (Å²) in [5, 5.41) is 8.06. The lowest BCUT2D eigenvalue weighted by Gasteiger charge is -1.80. The van der Waals surface area contributed by atoms with Gasteiger partial charge in [0.05, 0.1) is 6.61 Å². The molecule has 0 atom stereocenters. The molecule has 0 fully saturated rings. The highest BCUT2D eigenvalue weighted by atomic mass is 16.6. The Morgan fingerprint density at radius 2 is 1.75 bits per heavy atom. The van der Waals surface area contributed by atoms with E-state index in [1.807, 2.05) is 6.92 Å². The topological polar surface area (TPSA) is 55.5 Å². The number of rotatable bonds is 1. The maximum Gasteiger partial charge on any atom is 0.0651 e. The van der Waals surface area contributed by atoms with Gasteiger partial charge in [-0.2, -0.15) is 0 Å². The van der Waals surface area contributed by atoms with E-state index in [4.69, 9.17) is 5.11 Å². The molecule has 0 aromatic heterocycles. The van der Waals surface area contributed by atoms with Gasteiger partial charge in [0.1, 0.15) is 0 Å². The molecule has 0 aliphatic rings. The molecular weight excluding hydrogens is 106 g/mol. The molecule has 3 N–H and O–H groups in total. The van der Waals surface area contributed by atoms with Crippen molar-refractivity contribution in [2.45, 2.75) is 26.9 Å². The van der Waals surface area contributed by atoms with Crippen LogP contribution in [-0.4, -0.2) is 17.8 Å². The Bertz CT molecular complexity index is 26.9. The Balaban J connectivity index is 0. The van der Waals surface area contributed by atoms with Crippen LogP contribution in [0.1, 0.15) is 20.8 Å². The van der Waals surface area contributed by atoms with Gasteiger partial charge in [0.25, 0.3) is 0 Å². The second-order valence-electron chi connectivity index (χ2n) is 1.55. The van der Waals surface area contributed by atoms with E-state index >= 15 is 0 Å².